The number of thiazole rings is 1. The van der Waals surface area contributed by atoms with E-state index in [-0.39, 0.29) is 0 Å². The standard InChI is InChI=1S/C23H26N3S/c1-16-12-13-20-22(24-15-27-20)21(16)23-25(2)18-10-6-7-11-19(18)26(23)14-17-8-4-3-5-9-17/h6-7,10-13,15,17H,3-5,8-9,14H2,1-2H3/q+1. The van der Waals surface area contributed by atoms with Crippen molar-refractivity contribution in [2.24, 2.45) is 13.0 Å². The van der Waals surface area contributed by atoms with Crippen LogP contribution >= 0.6 is 11.3 Å². The molecule has 2 aromatic carbocycles. The third kappa shape index (κ3) is 2.78. The van der Waals surface area contributed by atoms with E-state index in [1.807, 2.05) is 5.51 Å². The fourth-order valence-corrected chi connectivity index (χ4v) is 5.50. The summed E-state index contributed by atoms with van der Waals surface area (Å²) in [7, 11) is 2.21. The van der Waals surface area contributed by atoms with Gasteiger partial charge in [-0.2, -0.15) is 0 Å². The summed E-state index contributed by atoms with van der Waals surface area (Å²) in [5.74, 6) is 2.08. The van der Waals surface area contributed by atoms with Gasteiger partial charge in [0.25, 0.3) is 5.82 Å². The van der Waals surface area contributed by atoms with E-state index in [1.165, 1.54) is 64.8 Å². The number of para-hydroxylation sites is 2. The van der Waals surface area contributed by atoms with Crippen LogP contribution in [0.1, 0.15) is 37.7 Å². The molecule has 0 aliphatic heterocycles. The molecule has 0 unspecified atom stereocenters. The number of nitrogens with zero attached hydrogens (tertiary/aromatic N) is 3. The molecule has 1 aliphatic carbocycles. The third-order valence-electron chi connectivity index (χ3n) is 6.21. The SMILES string of the molecule is Cc1ccc2scnc2c1-c1n(CC2CCCCC2)c2ccccc2[n+]1C. The van der Waals surface area contributed by atoms with Crippen LogP contribution in [0.15, 0.2) is 41.9 Å². The summed E-state index contributed by atoms with van der Waals surface area (Å²) in [4.78, 5) is 4.75. The summed E-state index contributed by atoms with van der Waals surface area (Å²) in [6.07, 6.45) is 6.88. The van der Waals surface area contributed by atoms with Gasteiger partial charge in [0.1, 0.15) is 0 Å². The highest BCUT2D eigenvalue weighted by Gasteiger charge is 2.29. The Morgan fingerprint density at radius 3 is 2.78 bits per heavy atom. The lowest BCUT2D eigenvalue weighted by molar-refractivity contribution is -0.634. The van der Waals surface area contributed by atoms with E-state index in [1.54, 1.807) is 11.3 Å². The van der Waals surface area contributed by atoms with Crippen molar-refractivity contribution in [2.45, 2.75) is 45.6 Å². The van der Waals surface area contributed by atoms with Crippen LogP contribution < -0.4 is 4.57 Å². The molecule has 0 bridgehead atoms. The summed E-state index contributed by atoms with van der Waals surface area (Å²) >= 11 is 1.73. The van der Waals surface area contributed by atoms with Crippen molar-refractivity contribution < 1.29 is 4.57 Å². The van der Waals surface area contributed by atoms with Gasteiger partial charge in [0.15, 0.2) is 11.0 Å². The maximum absolute atomic E-state index is 4.75. The van der Waals surface area contributed by atoms with E-state index in [2.05, 4.69) is 59.5 Å². The Morgan fingerprint density at radius 1 is 1.11 bits per heavy atom. The first-order valence-electron chi connectivity index (χ1n) is 10.0. The van der Waals surface area contributed by atoms with E-state index >= 15 is 0 Å². The van der Waals surface area contributed by atoms with E-state index in [9.17, 15) is 0 Å². The van der Waals surface area contributed by atoms with Crippen molar-refractivity contribution in [3.8, 4) is 11.4 Å². The van der Waals surface area contributed by atoms with Gasteiger partial charge in [0.05, 0.1) is 34.9 Å². The summed E-state index contributed by atoms with van der Waals surface area (Å²) in [5.41, 5.74) is 8.35. The van der Waals surface area contributed by atoms with Crippen LogP contribution in [0.25, 0.3) is 32.6 Å². The van der Waals surface area contributed by atoms with E-state index in [4.69, 9.17) is 4.98 Å². The predicted octanol–water partition coefficient (Wildman–Crippen LogP) is 5.63. The van der Waals surface area contributed by atoms with Crippen molar-refractivity contribution in [2.75, 3.05) is 0 Å². The normalized spacial score (nSPS) is 15.8. The number of rotatable bonds is 3. The van der Waals surface area contributed by atoms with Crippen LogP contribution in [0.5, 0.6) is 0 Å². The van der Waals surface area contributed by atoms with Crippen LogP contribution in [0.4, 0.5) is 0 Å². The van der Waals surface area contributed by atoms with Crippen molar-refractivity contribution in [1.29, 1.82) is 0 Å². The summed E-state index contributed by atoms with van der Waals surface area (Å²) in [6, 6.07) is 13.3. The van der Waals surface area contributed by atoms with Gasteiger partial charge >= 0.3 is 0 Å². The highest BCUT2D eigenvalue weighted by atomic mass is 32.1. The first-order valence-corrected chi connectivity index (χ1v) is 10.9. The average molecular weight is 377 g/mol. The quantitative estimate of drug-likeness (QED) is 0.425. The summed E-state index contributed by atoms with van der Waals surface area (Å²) < 4.78 is 6.22. The molecule has 2 heterocycles. The summed E-state index contributed by atoms with van der Waals surface area (Å²) in [5, 5.41) is 0. The second kappa shape index (κ2) is 6.75. The molecule has 0 amide bonds. The molecule has 0 atom stereocenters. The van der Waals surface area contributed by atoms with Crippen molar-refractivity contribution in [3.05, 3.63) is 47.5 Å². The van der Waals surface area contributed by atoms with Gasteiger partial charge in [-0.15, -0.1) is 11.3 Å². The molecule has 0 N–H and O–H groups in total. The second-order valence-corrected chi connectivity index (χ2v) is 8.83. The third-order valence-corrected chi connectivity index (χ3v) is 7.00. The molecular formula is C23H26N3S+. The highest BCUT2D eigenvalue weighted by Crippen LogP contribution is 2.35. The van der Waals surface area contributed by atoms with Gasteiger partial charge in [0.2, 0.25) is 0 Å². The lowest BCUT2D eigenvalue weighted by Crippen LogP contribution is -2.31. The maximum Gasteiger partial charge on any atom is 0.292 e. The van der Waals surface area contributed by atoms with Gasteiger partial charge < -0.3 is 0 Å². The first kappa shape index (κ1) is 16.9. The van der Waals surface area contributed by atoms with Gasteiger partial charge in [-0.05, 0) is 49.4 Å². The van der Waals surface area contributed by atoms with Crippen molar-refractivity contribution >= 4 is 32.6 Å². The predicted molar refractivity (Wildman–Crippen MR) is 113 cm³/mol. The molecule has 0 saturated heterocycles. The Bertz CT molecular complexity index is 1120. The minimum Gasteiger partial charge on any atom is -0.244 e. The van der Waals surface area contributed by atoms with Gasteiger partial charge in [-0.25, -0.2) is 14.1 Å². The lowest BCUT2D eigenvalue weighted by atomic mass is 9.89. The van der Waals surface area contributed by atoms with Crippen LogP contribution in [0.3, 0.4) is 0 Å². The van der Waals surface area contributed by atoms with Crippen LogP contribution in [-0.2, 0) is 13.6 Å². The van der Waals surface area contributed by atoms with Gasteiger partial charge in [0, 0.05) is 0 Å². The first-order chi connectivity index (χ1) is 13.2. The molecule has 27 heavy (non-hydrogen) atoms. The molecule has 0 radical (unpaired) electrons. The minimum absolute atomic E-state index is 0.781. The van der Waals surface area contributed by atoms with Crippen molar-refractivity contribution in [1.82, 2.24) is 9.55 Å². The molecule has 5 rings (SSSR count). The highest BCUT2D eigenvalue weighted by molar-refractivity contribution is 7.16. The number of benzene rings is 2. The van der Waals surface area contributed by atoms with E-state index < -0.39 is 0 Å². The topological polar surface area (TPSA) is 21.7 Å². The maximum atomic E-state index is 4.75. The zero-order valence-electron chi connectivity index (χ0n) is 16.1. The average Bonchev–Trinajstić information content (AvgIpc) is 3.27. The number of imidazole rings is 1. The van der Waals surface area contributed by atoms with Crippen LogP contribution in [0, 0.1) is 12.8 Å². The molecule has 3 nitrogen and oxygen atoms in total. The Labute approximate surface area is 164 Å². The smallest absolute Gasteiger partial charge is 0.244 e. The molecule has 1 saturated carbocycles. The molecule has 0 spiro atoms. The Morgan fingerprint density at radius 2 is 1.93 bits per heavy atom. The lowest BCUT2D eigenvalue weighted by Gasteiger charge is -2.20. The van der Waals surface area contributed by atoms with Crippen LogP contribution in [-0.4, -0.2) is 9.55 Å². The number of aryl methyl sites for hydroxylation is 2. The zero-order chi connectivity index (χ0) is 18.4. The van der Waals surface area contributed by atoms with E-state index in [0.29, 0.717) is 0 Å². The largest absolute Gasteiger partial charge is 0.292 e. The van der Waals surface area contributed by atoms with Crippen molar-refractivity contribution in [3.63, 3.8) is 0 Å². The van der Waals surface area contributed by atoms with Gasteiger partial charge in [-0.1, -0.05) is 37.5 Å². The van der Waals surface area contributed by atoms with Crippen LogP contribution in [0.2, 0.25) is 0 Å². The number of hydrogen-bond acceptors (Lipinski definition) is 2. The minimum atomic E-state index is 0.781. The molecule has 1 fully saturated rings. The molecular weight excluding hydrogens is 350 g/mol. The molecule has 4 heteroatoms. The molecule has 1 aliphatic rings. The Balaban J connectivity index is 1.78. The monoisotopic (exact) mass is 376 g/mol. The number of fused-ring (bicyclic) bond motifs is 2. The Kier molecular flexibility index (Phi) is 4.24. The zero-order valence-corrected chi connectivity index (χ0v) is 16.9. The number of aromatic nitrogens is 3. The molecule has 2 aromatic heterocycles. The molecule has 138 valence electrons. The second-order valence-electron chi connectivity index (χ2n) is 7.94. The Hall–Kier alpha value is -2.20. The fourth-order valence-electron chi connectivity index (χ4n) is 4.81. The van der Waals surface area contributed by atoms with Gasteiger partial charge in [-0.3, -0.25) is 0 Å². The summed E-state index contributed by atoms with van der Waals surface area (Å²) in [6.45, 7) is 3.33. The molecule has 4 aromatic rings. The fraction of sp³-hybridized carbons (Fsp3) is 0.391. The number of hydrogen-bond donors (Lipinski definition) is 0. The van der Waals surface area contributed by atoms with E-state index in [0.717, 1.165) is 18.0 Å².